The maximum absolute atomic E-state index is 0. The molecular formula is H5AlOZn2. The van der Waals surface area contributed by atoms with Crippen molar-refractivity contribution in [2.24, 2.45) is 0 Å². The van der Waals surface area contributed by atoms with Crippen molar-refractivity contribution < 1.29 is 44.4 Å². The van der Waals surface area contributed by atoms with Gasteiger partial charge in [0.25, 0.3) is 0 Å². The monoisotopic (exact) mass is 176 g/mol. The van der Waals surface area contributed by atoms with E-state index in [9.17, 15) is 0 Å². The number of hydrogen-bond donors (Lipinski definition) is 0. The summed E-state index contributed by atoms with van der Waals surface area (Å²) in [6, 6.07) is 0. The summed E-state index contributed by atoms with van der Waals surface area (Å²) in [6.07, 6.45) is 0. The summed E-state index contributed by atoms with van der Waals surface area (Å²) in [5.74, 6) is 0. The number of rotatable bonds is 0. The molecule has 0 atom stereocenters. The molecule has 0 bridgehead atoms. The molecule has 0 aliphatic carbocycles. The van der Waals surface area contributed by atoms with E-state index in [0.29, 0.717) is 0 Å². The molecule has 0 aliphatic heterocycles. The van der Waals surface area contributed by atoms with Gasteiger partial charge in [-0.15, -0.1) is 0 Å². The molecule has 4 heteroatoms. The van der Waals surface area contributed by atoms with Gasteiger partial charge >= 0.3 is 0 Å². The van der Waals surface area contributed by atoms with Gasteiger partial charge in [0.1, 0.15) is 0 Å². The third-order valence-electron chi connectivity index (χ3n) is 0. The Morgan fingerprint density at radius 1 is 0.750 bits per heavy atom. The van der Waals surface area contributed by atoms with Crippen molar-refractivity contribution in [1.82, 2.24) is 0 Å². The molecule has 0 aromatic carbocycles. The van der Waals surface area contributed by atoms with Crippen molar-refractivity contribution in [1.29, 1.82) is 0 Å². The largest absolute Gasteiger partial charge is 0.412 e. The molecule has 18 valence electrons. The molecular weight excluding hydrogens is 174 g/mol. The molecule has 0 amide bonds. The van der Waals surface area contributed by atoms with Crippen LogP contribution in [0.1, 0.15) is 0 Å². The predicted molar refractivity (Wildman–Crippen MR) is 13.6 cm³/mol. The molecule has 0 aromatic heterocycles. The first-order valence-electron chi connectivity index (χ1n) is 0. The van der Waals surface area contributed by atoms with Gasteiger partial charge in [0.05, 0.1) is 0 Å². The molecule has 0 radical (unpaired) electrons. The normalized spacial score (nSPS) is 0. The van der Waals surface area contributed by atoms with E-state index in [1.54, 1.807) is 0 Å². The van der Waals surface area contributed by atoms with E-state index in [1.165, 1.54) is 0 Å². The molecule has 0 unspecified atom stereocenters. The zero-order valence-electron chi connectivity index (χ0n) is 1.91. The van der Waals surface area contributed by atoms with Crippen LogP contribution in [0.15, 0.2) is 0 Å². The van der Waals surface area contributed by atoms with Crippen molar-refractivity contribution in [2.45, 2.75) is 0 Å². The third kappa shape index (κ3) is 9.28. The van der Waals surface area contributed by atoms with Crippen LogP contribution in [0.25, 0.3) is 0 Å². The fourth-order valence-electron chi connectivity index (χ4n) is 0. The van der Waals surface area contributed by atoms with Crippen LogP contribution in [0.4, 0.5) is 0 Å². The smallest absolute Gasteiger partial charge is 0.187 e. The van der Waals surface area contributed by atoms with Crippen LogP contribution in [-0.4, -0.2) is 22.8 Å². The number of hydrogen-bond acceptors (Lipinski definition) is 0. The van der Waals surface area contributed by atoms with Crippen molar-refractivity contribution in [2.75, 3.05) is 0 Å². The summed E-state index contributed by atoms with van der Waals surface area (Å²) in [4.78, 5) is 0. The third-order valence-corrected chi connectivity index (χ3v) is 0. The minimum absolute atomic E-state index is 0. The summed E-state index contributed by atoms with van der Waals surface area (Å²) in [5, 5.41) is 0. The van der Waals surface area contributed by atoms with Crippen molar-refractivity contribution >= 4 is 17.4 Å². The molecule has 0 aromatic rings. The maximum atomic E-state index is 0. The zero-order chi connectivity index (χ0) is 0. The molecule has 0 saturated carbocycles. The average Bonchev–Trinajstić information content (AvgIpc) is 0. The standard InChI is InChI=1S/Al.H2O.2Zn.3H/h;1H2;;;;;. The summed E-state index contributed by atoms with van der Waals surface area (Å²) in [6.45, 7) is 0. The van der Waals surface area contributed by atoms with E-state index in [0.717, 1.165) is 0 Å². The minimum atomic E-state index is 0. The Kier molecular flexibility index (Phi) is 233. The van der Waals surface area contributed by atoms with Crippen molar-refractivity contribution in [3.05, 3.63) is 0 Å². The summed E-state index contributed by atoms with van der Waals surface area (Å²) >= 11 is 0. The van der Waals surface area contributed by atoms with Crippen LogP contribution in [0.3, 0.4) is 0 Å². The average molecular weight is 179 g/mol. The van der Waals surface area contributed by atoms with Gasteiger partial charge in [0, 0.05) is 39.0 Å². The van der Waals surface area contributed by atoms with E-state index >= 15 is 0 Å². The van der Waals surface area contributed by atoms with Gasteiger partial charge in [-0.2, -0.15) is 0 Å². The second kappa shape index (κ2) is 21.9. The van der Waals surface area contributed by atoms with Crippen LogP contribution in [0.5, 0.6) is 0 Å². The summed E-state index contributed by atoms with van der Waals surface area (Å²) in [7, 11) is 0. The van der Waals surface area contributed by atoms with Gasteiger partial charge in [0.2, 0.25) is 0 Å². The first-order chi connectivity index (χ1) is 0. The maximum Gasteiger partial charge on any atom is 0.187 e. The van der Waals surface area contributed by atoms with Gasteiger partial charge < -0.3 is 5.48 Å². The molecule has 0 aliphatic rings. The van der Waals surface area contributed by atoms with Crippen LogP contribution >= 0.6 is 0 Å². The first kappa shape index (κ1) is 42.6. The molecule has 0 rings (SSSR count). The summed E-state index contributed by atoms with van der Waals surface area (Å²) in [5.41, 5.74) is 0. The van der Waals surface area contributed by atoms with Gasteiger partial charge in [0.15, 0.2) is 17.4 Å². The fourth-order valence-corrected chi connectivity index (χ4v) is 0. The second-order valence-electron chi connectivity index (χ2n) is 0. The molecule has 4 heavy (non-hydrogen) atoms. The minimum Gasteiger partial charge on any atom is -0.412 e. The predicted octanol–water partition coefficient (Wildman–Crippen LogP) is -2.01. The van der Waals surface area contributed by atoms with Crippen LogP contribution in [-0.2, 0) is 39.0 Å². The SMILES string of the molecule is O.[AlH3].[Zn].[Zn]. The Hall–Kier alpha value is 1.74. The van der Waals surface area contributed by atoms with Gasteiger partial charge in [-0.1, -0.05) is 0 Å². The van der Waals surface area contributed by atoms with Gasteiger partial charge in [-0.3, -0.25) is 0 Å². The molecule has 0 fully saturated rings. The van der Waals surface area contributed by atoms with Gasteiger partial charge in [-0.25, -0.2) is 0 Å². The Bertz CT molecular complexity index is 6.00. The Balaban J connectivity index is 0. The molecule has 1 nitrogen and oxygen atoms in total. The molecule has 2 N–H and O–H groups in total. The Labute approximate surface area is 61.5 Å². The van der Waals surface area contributed by atoms with E-state index in [-0.39, 0.29) is 61.8 Å². The van der Waals surface area contributed by atoms with Gasteiger partial charge in [-0.05, 0) is 0 Å². The first-order valence-corrected chi connectivity index (χ1v) is 0. The Morgan fingerprint density at radius 3 is 0.750 bits per heavy atom. The van der Waals surface area contributed by atoms with E-state index < -0.39 is 0 Å². The fraction of sp³-hybridized carbons (Fsp3) is 0. The van der Waals surface area contributed by atoms with Crippen LogP contribution in [0, 0.1) is 0 Å². The quantitative estimate of drug-likeness (QED) is 0.384. The Morgan fingerprint density at radius 2 is 0.750 bits per heavy atom. The van der Waals surface area contributed by atoms with E-state index in [4.69, 9.17) is 0 Å². The van der Waals surface area contributed by atoms with Crippen LogP contribution < -0.4 is 0 Å². The second-order valence-corrected chi connectivity index (χ2v) is 0. The summed E-state index contributed by atoms with van der Waals surface area (Å²) < 4.78 is 0. The molecule has 0 spiro atoms. The van der Waals surface area contributed by atoms with E-state index in [2.05, 4.69) is 0 Å². The molecule has 0 heterocycles. The van der Waals surface area contributed by atoms with Crippen LogP contribution in [0.2, 0.25) is 0 Å². The van der Waals surface area contributed by atoms with Crippen molar-refractivity contribution in [3.8, 4) is 0 Å². The van der Waals surface area contributed by atoms with E-state index in [1.807, 2.05) is 0 Å². The zero-order valence-corrected chi connectivity index (χ0v) is 7.85. The molecule has 0 saturated heterocycles. The topological polar surface area (TPSA) is 31.5 Å². The van der Waals surface area contributed by atoms with Crippen molar-refractivity contribution in [3.63, 3.8) is 0 Å².